The minimum atomic E-state index is -4.61. The summed E-state index contributed by atoms with van der Waals surface area (Å²) in [6.45, 7) is 5.30. The summed E-state index contributed by atoms with van der Waals surface area (Å²) >= 11 is 0. The van der Waals surface area contributed by atoms with Crippen molar-refractivity contribution in [2.45, 2.75) is 39.4 Å². The van der Waals surface area contributed by atoms with Gasteiger partial charge in [-0.3, -0.25) is 0 Å². The number of anilines is 3. The van der Waals surface area contributed by atoms with Gasteiger partial charge in [0.25, 0.3) is 0 Å². The predicted octanol–water partition coefficient (Wildman–Crippen LogP) is 4.90. The summed E-state index contributed by atoms with van der Waals surface area (Å²) in [5.41, 5.74) is -0.323. The van der Waals surface area contributed by atoms with E-state index in [2.05, 4.69) is 20.6 Å². The summed E-state index contributed by atoms with van der Waals surface area (Å²) in [4.78, 5) is 7.53. The topological polar surface area (TPSA) is 49.8 Å². The summed E-state index contributed by atoms with van der Waals surface area (Å²) in [7, 11) is 0. The van der Waals surface area contributed by atoms with Crippen molar-refractivity contribution in [1.29, 1.82) is 0 Å². The number of hydrogen-bond acceptors (Lipinski definition) is 4. The van der Waals surface area contributed by atoms with E-state index in [9.17, 15) is 17.6 Å². The Hall–Kier alpha value is -2.38. The molecule has 0 bridgehead atoms. The molecule has 4 nitrogen and oxygen atoms in total. The molecule has 2 aromatic rings. The summed E-state index contributed by atoms with van der Waals surface area (Å²) in [6, 6.07) is 5.00. The Bertz CT molecular complexity index is 716. The first-order chi connectivity index (χ1) is 11.2. The van der Waals surface area contributed by atoms with Gasteiger partial charge in [0.2, 0.25) is 5.95 Å². The maximum Gasteiger partial charge on any atom is 0.433 e. The molecule has 0 radical (unpaired) electrons. The van der Waals surface area contributed by atoms with E-state index in [0.717, 1.165) is 6.07 Å². The largest absolute Gasteiger partial charge is 0.433 e. The molecule has 0 aliphatic heterocycles. The molecule has 2 N–H and O–H groups in total. The number of alkyl halides is 3. The molecule has 1 heterocycles. The Morgan fingerprint density at radius 3 is 2.46 bits per heavy atom. The number of halogens is 4. The van der Waals surface area contributed by atoms with Gasteiger partial charge in [0.1, 0.15) is 11.6 Å². The molecular weight excluding hydrogens is 324 g/mol. The smallest absolute Gasteiger partial charge is 0.352 e. The van der Waals surface area contributed by atoms with Gasteiger partial charge in [-0.05, 0) is 38.0 Å². The quantitative estimate of drug-likeness (QED) is 0.759. The number of hydrogen-bond donors (Lipinski definition) is 2. The van der Waals surface area contributed by atoms with Crippen molar-refractivity contribution in [3.63, 3.8) is 0 Å². The summed E-state index contributed by atoms with van der Waals surface area (Å²) in [5.74, 6) is -0.649. The predicted molar refractivity (Wildman–Crippen MR) is 84.8 cm³/mol. The van der Waals surface area contributed by atoms with E-state index in [1.54, 1.807) is 13.0 Å². The molecule has 130 valence electrons. The van der Waals surface area contributed by atoms with Crippen LogP contribution in [0.15, 0.2) is 24.3 Å². The molecule has 0 amide bonds. The normalized spacial score (nSPS) is 12.8. The van der Waals surface area contributed by atoms with Crippen LogP contribution in [0.5, 0.6) is 0 Å². The Kier molecular flexibility index (Phi) is 5.26. The lowest BCUT2D eigenvalue weighted by Crippen LogP contribution is -2.18. The molecule has 24 heavy (non-hydrogen) atoms. The van der Waals surface area contributed by atoms with Gasteiger partial charge in [-0.15, -0.1) is 0 Å². The van der Waals surface area contributed by atoms with Gasteiger partial charge >= 0.3 is 6.18 Å². The number of benzene rings is 1. The number of aromatic nitrogens is 2. The fourth-order valence-corrected chi connectivity index (χ4v) is 1.86. The number of nitrogens with one attached hydrogen (secondary N) is 2. The lowest BCUT2D eigenvalue weighted by atomic mass is 10.2. The Morgan fingerprint density at radius 2 is 1.88 bits per heavy atom. The van der Waals surface area contributed by atoms with Crippen molar-refractivity contribution in [2.24, 2.45) is 0 Å². The fourth-order valence-electron chi connectivity index (χ4n) is 1.86. The maximum atomic E-state index is 13.6. The highest BCUT2D eigenvalue weighted by Crippen LogP contribution is 2.30. The summed E-state index contributed by atoms with van der Waals surface area (Å²) in [5, 5.41) is 5.50. The van der Waals surface area contributed by atoms with Crippen LogP contribution < -0.4 is 10.6 Å². The highest BCUT2D eigenvalue weighted by Gasteiger charge is 2.33. The molecule has 0 spiro atoms. The molecule has 0 saturated heterocycles. The van der Waals surface area contributed by atoms with Gasteiger partial charge in [0.15, 0.2) is 5.69 Å². The van der Waals surface area contributed by atoms with E-state index < -0.39 is 17.7 Å². The first kappa shape index (κ1) is 18.0. The molecule has 8 heteroatoms. The third-order valence-corrected chi connectivity index (χ3v) is 3.45. The van der Waals surface area contributed by atoms with Gasteiger partial charge < -0.3 is 10.6 Å². The molecule has 0 aliphatic rings. The van der Waals surface area contributed by atoms with Crippen LogP contribution in [-0.2, 0) is 6.18 Å². The molecule has 2 rings (SSSR count). The van der Waals surface area contributed by atoms with Crippen LogP contribution in [0.4, 0.5) is 35.0 Å². The van der Waals surface area contributed by atoms with E-state index in [0.29, 0.717) is 17.7 Å². The third kappa shape index (κ3) is 4.56. The summed E-state index contributed by atoms with van der Waals surface area (Å²) < 4.78 is 52.6. The van der Waals surface area contributed by atoms with Crippen LogP contribution in [0.2, 0.25) is 0 Å². The van der Waals surface area contributed by atoms with Gasteiger partial charge in [-0.1, -0.05) is 13.0 Å². The van der Waals surface area contributed by atoms with E-state index >= 15 is 0 Å². The van der Waals surface area contributed by atoms with Crippen molar-refractivity contribution in [1.82, 2.24) is 9.97 Å². The molecule has 1 aromatic heterocycles. The van der Waals surface area contributed by atoms with E-state index in [1.165, 1.54) is 12.1 Å². The van der Waals surface area contributed by atoms with Crippen LogP contribution in [-0.4, -0.2) is 16.0 Å². The second-order valence-corrected chi connectivity index (χ2v) is 5.50. The number of rotatable bonds is 5. The SMILES string of the molecule is CC[C@@H](C)Nc1nc(Nc2ccc(C)c(F)c2)cc(C(F)(F)F)n1. The zero-order valence-corrected chi connectivity index (χ0v) is 13.5. The highest BCUT2D eigenvalue weighted by atomic mass is 19.4. The lowest BCUT2D eigenvalue weighted by Gasteiger charge is -2.15. The Morgan fingerprint density at radius 1 is 1.17 bits per heavy atom. The van der Waals surface area contributed by atoms with Gasteiger partial charge in [-0.25, -0.2) is 9.37 Å². The molecule has 1 aromatic carbocycles. The van der Waals surface area contributed by atoms with E-state index in [1.807, 2.05) is 13.8 Å². The molecule has 1 atom stereocenters. The van der Waals surface area contributed by atoms with Crippen molar-refractivity contribution in [3.8, 4) is 0 Å². The van der Waals surface area contributed by atoms with Crippen LogP contribution in [0, 0.1) is 12.7 Å². The Labute approximate surface area is 137 Å². The standard InChI is InChI=1S/C16H18F4N4/c1-4-10(3)21-15-23-13(16(18,19)20)8-14(24-15)22-11-6-5-9(2)12(17)7-11/h5-8,10H,4H2,1-3H3,(H2,21,22,23,24)/t10-/m1/s1. The highest BCUT2D eigenvalue weighted by molar-refractivity contribution is 5.58. The van der Waals surface area contributed by atoms with Crippen molar-refractivity contribution in [3.05, 3.63) is 41.3 Å². The van der Waals surface area contributed by atoms with E-state index in [4.69, 9.17) is 0 Å². The maximum absolute atomic E-state index is 13.6. The first-order valence-electron chi connectivity index (χ1n) is 7.45. The summed E-state index contributed by atoms with van der Waals surface area (Å²) in [6.07, 6.45) is -3.91. The molecular formula is C16H18F4N4. The third-order valence-electron chi connectivity index (χ3n) is 3.45. The van der Waals surface area contributed by atoms with Crippen LogP contribution >= 0.6 is 0 Å². The van der Waals surface area contributed by atoms with Crippen LogP contribution in [0.3, 0.4) is 0 Å². The average molecular weight is 342 g/mol. The molecule has 0 unspecified atom stereocenters. The minimum Gasteiger partial charge on any atom is -0.352 e. The lowest BCUT2D eigenvalue weighted by molar-refractivity contribution is -0.141. The first-order valence-corrected chi connectivity index (χ1v) is 7.45. The number of aryl methyl sites for hydroxylation is 1. The molecule has 0 saturated carbocycles. The van der Waals surface area contributed by atoms with Crippen LogP contribution in [0.1, 0.15) is 31.5 Å². The van der Waals surface area contributed by atoms with E-state index in [-0.39, 0.29) is 17.8 Å². The van der Waals surface area contributed by atoms with Crippen molar-refractivity contribution in [2.75, 3.05) is 10.6 Å². The zero-order chi connectivity index (χ0) is 17.9. The van der Waals surface area contributed by atoms with Crippen molar-refractivity contribution < 1.29 is 17.6 Å². The van der Waals surface area contributed by atoms with Gasteiger partial charge in [0, 0.05) is 17.8 Å². The molecule has 0 fully saturated rings. The van der Waals surface area contributed by atoms with Gasteiger partial charge in [0.05, 0.1) is 0 Å². The minimum absolute atomic E-state index is 0.0635. The Balaban J connectivity index is 2.36. The van der Waals surface area contributed by atoms with Crippen molar-refractivity contribution >= 4 is 17.5 Å². The fraction of sp³-hybridized carbons (Fsp3) is 0.375. The second-order valence-electron chi connectivity index (χ2n) is 5.50. The second kappa shape index (κ2) is 7.02. The van der Waals surface area contributed by atoms with Gasteiger partial charge in [-0.2, -0.15) is 18.2 Å². The average Bonchev–Trinajstić information content (AvgIpc) is 2.49. The molecule has 0 aliphatic carbocycles. The zero-order valence-electron chi connectivity index (χ0n) is 13.5. The monoisotopic (exact) mass is 342 g/mol. The van der Waals surface area contributed by atoms with Crippen LogP contribution in [0.25, 0.3) is 0 Å². The number of nitrogens with zero attached hydrogens (tertiary/aromatic N) is 2.